The van der Waals surface area contributed by atoms with Gasteiger partial charge >= 0.3 is 0 Å². The summed E-state index contributed by atoms with van der Waals surface area (Å²) in [4.78, 5) is 0. The van der Waals surface area contributed by atoms with E-state index >= 15 is 0 Å². The van der Waals surface area contributed by atoms with Crippen LogP contribution < -0.4 is 5.73 Å². The average Bonchev–Trinajstić information content (AvgIpc) is 2.69. The van der Waals surface area contributed by atoms with Crippen LogP contribution in [0.5, 0.6) is 0 Å². The molecule has 0 fully saturated rings. The quantitative estimate of drug-likeness (QED) is 0.884. The average molecular weight is 266 g/mol. The lowest BCUT2D eigenvalue weighted by Crippen LogP contribution is -2.44. The number of aliphatic hydroxyl groups is 1. The SMILES string of the molecule is Cc1nn(CC(N)(CO)c2ccccc2)cc1Cl. The maximum Gasteiger partial charge on any atom is 0.0842 e. The van der Waals surface area contributed by atoms with Gasteiger partial charge in [0.1, 0.15) is 0 Å². The molecule has 0 amide bonds. The fourth-order valence-corrected chi connectivity index (χ4v) is 2.02. The number of benzene rings is 1. The molecule has 1 heterocycles. The summed E-state index contributed by atoms with van der Waals surface area (Å²) in [6.45, 7) is 2.05. The number of aliphatic hydroxyl groups excluding tert-OH is 1. The largest absolute Gasteiger partial charge is 0.394 e. The Morgan fingerprint density at radius 1 is 1.39 bits per heavy atom. The second-order valence-corrected chi connectivity index (χ2v) is 4.85. The molecule has 1 aromatic carbocycles. The summed E-state index contributed by atoms with van der Waals surface area (Å²) in [7, 11) is 0. The van der Waals surface area contributed by atoms with Gasteiger partial charge < -0.3 is 10.8 Å². The minimum Gasteiger partial charge on any atom is -0.394 e. The molecule has 2 rings (SSSR count). The van der Waals surface area contributed by atoms with E-state index in [4.69, 9.17) is 17.3 Å². The van der Waals surface area contributed by atoms with Crippen LogP contribution in [0, 0.1) is 6.92 Å². The smallest absolute Gasteiger partial charge is 0.0842 e. The topological polar surface area (TPSA) is 64.1 Å². The Labute approximate surface area is 111 Å². The van der Waals surface area contributed by atoms with E-state index < -0.39 is 5.54 Å². The van der Waals surface area contributed by atoms with Crippen molar-refractivity contribution < 1.29 is 5.11 Å². The maximum atomic E-state index is 9.58. The predicted octanol–water partition coefficient (Wildman–Crippen LogP) is 1.69. The van der Waals surface area contributed by atoms with Crippen LogP contribution >= 0.6 is 11.6 Å². The van der Waals surface area contributed by atoms with Gasteiger partial charge in [-0.1, -0.05) is 41.9 Å². The second kappa shape index (κ2) is 5.10. The number of hydrogen-bond acceptors (Lipinski definition) is 3. The van der Waals surface area contributed by atoms with Gasteiger partial charge in [-0.2, -0.15) is 5.10 Å². The lowest BCUT2D eigenvalue weighted by atomic mass is 9.92. The van der Waals surface area contributed by atoms with Crippen molar-refractivity contribution >= 4 is 11.6 Å². The molecule has 0 radical (unpaired) electrons. The lowest BCUT2D eigenvalue weighted by molar-refractivity contribution is 0.174. The molecule has 0 bridgehead atoms. The van der Waals surface area contributed by atoms with E-state index in [1.54, 1.807) is 10.9 Å². The second-order valence-electron chi connectivity index (χ2n) is 4.44. The summed E-state index contributed by atoms with van der Waals surface area (Å²) in [6, 6.07) is 9.50. The molecule has 0 saturated carbocycles. The third-order valence-electron chi connectivity index (χ3n) is 2.96. The zero-order chi connectivity index (χ0) is 13.2. The first-order chi connectivity index (χ1) is 8.55. The van der Waals surface area contributed by atoms with Crippen LogP contribution in [-0.2, 0) is 12.1 Å². The Morgan fingerprint density at radius 2 is 2.06 bits per heavy atom. The van der Waals surface area contributed by atoms with E-state index in [2.05, 4.69) is 5.10 Å². The van der Waals surface area contributed by atoms with Gasteiger partial charge in [0.25, 0.3) is 0 Å². The van der Waals surface area contributed by atoms with Crippen molar-refractivity contribution in [1.82, 2.24) is 9.78 Å². The molecular weight excluding hydrogens is 250 g/mol. The lowest BCUT2D eigenvalue weighted by Gasteiger charge is -2.27. The summed E-state index contributed by atoms with van der Waals surface area (Å²) in [6.07, 6.45) is 1.72. The molecule has 4 nitrogen and oxygen atoms in total. The van der Waals surface area contributed by atoms with Crippen molar-refractivity contribution in [1.29, 1.82) is 0 Å². The molecule has 0 saturated heterocycles. The molecule has 0 aliphatic heterocycles. The highest BCUT2D eigenvalue weighted by Gasteiger charge is 2.27. The molecule has 1 unspecified atom stereocenters. The van der Waals surface area contributed by atoms with E-state index in [0.29, 0.717) is 11.6 Å². The third kappa shape index (κ3) is 2.56. The van der Waals surface area contributed by atoms with Gasteiger partial charge in [0.05, 0.1) is 29.4 Å². The molecule has 1 atom stereocenters. The Bertz CT molecular complexity index is 507. The van der Waals surface area contributed by atoms with E-state index in [0.717, 1.165) is 11.3 Å². The number of hydrogen-bond donors (Lipinski definition) is 2. The van der Waals surface area contributed by atoms with Gasteiger partial charge in [0.2, 0.25) is 0 Å². The zero-order valence-corrected chi connectivity index (χ0v) is 10.9. The molecule has 3 N–H and O–H groups in total. The first kappa shape index (κ1) is 13.1. The van der Waals surface area contributed by atoms with Gasteiger partial charge in [-0.05, 0) is 12.5 Å². The molecule has 2 aromatic rings. The monoisotopic (exact) mass is 265 g/mol. The van der Waals surface area contributed by atoms with E-state index in [1.165, 1.54) is 0 Å². The van der Waals surface area contributed by atoms with Gasteiger partial charge in [-0.3, -0.25) is 4.68 Å². The molecule has 0 aliphatic rings. The van der Waals surface area contributed by atoms with Gasteiger partial charge in [-0.15, -0.1) is 0 Å². The number of halogens is 1. The highest BCUT2D eigenvalue weighted by atomic mass is 35.5. The van der Waals surface area contributed by atoms with Crippen LogP contribution in [0.2, 0.25) is 5.02 Å². The highest BCUT2D eigenvalue weighted by molar-refractivity contribution is 6.31. The Balaban J connectivity index is 2.28. The highest BCUT2D eigenvalue weighted by Crippen LogP contribution is 2.21. The van der Waals surface area contributed by atoms with E-state index in [1.807, 2.05) is 37.3 Å². The van der Waals surface area contributed by atoms with Crippen molar-refractivity contribution in [2.45, 2.75) is 19.0 Å². The Morgan fingerprint density at radius 3 is 2.56 bits per heavy atom. The fraction of sp³-hybridized carbons (Fsp3) is 0.308. The summed E-state index contributed by atoms with van der Waals surface area (Å²) in [5.74, 6) is 0. The predicted molar refractivity (Wildman–Crippen MR) is 71.4 cm³/mol. The maximum absolute atomic E-state index is 9.58. The zero-order valence-electron chi connectivity index (χ0n) is 10.2. The molecule has 96 valence electrons. The van der Waals surface area contributed by atoms with E-state index in [9.17, 15) is 5.11 Å². The molecule has 18 heavy (non-hydrogen) atoms. The van der Waals surface area contributed by atoms with Crippen LogP contribution in [0.15, 0.2) is 36.5 Å². The normalized spacial score (nSPS) is 14.4. The molecule has 5 heteroatoms. The van der Waals surface area contributed by atoms with Crippen molar-refractivity contribution in [3.63, 3.8) is 0 Å². The van der Waals surface area contributed by atoms with Crippen LogP contribution in [0.1, 0.15) is 11.3 Å². The Hall–Kier alpha value is -1.36. The first-order valence-corrected chi connectivity index (χ1v) is 6.08. The number of aryl methyl sites for hydroxylation is 1. The van der Waals surface area contributed by atoms with Crippen molar-refractivity contribution in [2.24, 2.45) is 5.73 Å². The fourth-order valence-electron chi connectivity index (χ4n) is 1.87. The molecule has 0 aliphatic carbocycles. The molecule has 1 aromatic heterocycles. The number of rotatable bonds is 4. The van der Waals surface area contributed by atoms with Crippen LogP contribution in [0.4, 0.5) is 0 Å². The summed E-state index contributed by atoms with van der Waals surface area (Å²) in [5, 5.41) is 14.4. The third-order valence-corrected chi connectivity index (χ3v) is 3.33. The number of nitrogens with zero attached hydrogens (tertiary/aromatic N) is 2. The summed E-state index contributed by atoms with van der Waals surface area (Å²) in [5.41, 5.74) is 7.02. The van der Waals surface area contributed by atoms with Crippen LogP contribution in [-0.4, -0.2) is 21.5 Å². The number of nitrogens with two attached hydrogens (primary N) is 1. The Kier molecular flexibility index (Phi) is 3.71. The van der Waals surface area contributed by atoms with Crippen LogP contribution in [0.3, 0.4) is 0 Å². The van der Waals surface area contributed by atoms with Gasteiger partial charge in [-0.25, -0.2) is 0 Å². The molecular formula is C13H16ClN3O. The minimum atomic E-state index is -0.858. The van der Waals surface area contributed by atoms with Gasteiger partial charge in [0, 0.05) is 6.20 Å². The van der Waals surface area contributed by atoms with Crippen molar-refractivity contribution in [3.05, 3.63) is 52.8 Å². The first-order valence-electron chi connectivity index (χ1n) is 5.70. The summed E-state index contributed by atoms with van der Waals surface area (Å²) < 4.78 is 1.67. The molecule has 0 spiro atoms. The van der Waals surface area contributed by atoms with Crippen molar-refractivity contribution in [3.8, 4) is 0 Å². The van der Waals surface area contributed by atoms with Crippen molar-refractivity contribution in [2.75, 3.05) is 6.61 Å². The number of aromatic nitrogens is 2. The van der Waals surface area contributed by atoms with E-state index in [-0.39, 0.29) is 6.61 Å². The van der Waals surface area contributed by atoms with Gasteiger partial charge in [0.15, 0.2) is 0 Å². The van der Waals surface area contributed by atoms with Crippen LogP contribution in [0.25, 0.3) is 0 Å². The standard InChI is InChI=1S/C13H16ClN3O/c1-10-12(14)7-17(16-10)8-13(15,9-18)11-5-3-2-4-6-11/h2-7,18H,8-9,15H2,1H3. The minimum absolute atomic E-state index is 0.159. The summed E-state index contributed by atoms with van der Waals surface area (Å²) >= 11 is 5.96.